The van der Waals surface area contributed by atoms with Crippen molar-refractivity contribution in [3.63, 3.8) is 0 Å². The molecule has 0 aliphatic carbocycles. The molecule has 2 N–H and O–H groups in total. The lowest BCUT2D eigenvalue weighted by molar-refractivity contribution is 0.0285. The molecule has 1 aliphatic rings. The second-order valence-electron chi connectivity index (χ2n) is 8.09. The van der Waals surface area contributed by atoms with Crippen LogP contribution >= 0.6 is 11.8 Å². The number of guanidine groups is 1. The lowest BCUT2D eigenvalue weighted by Crippen LogP contribution is -2.39. The molecule has 28 heavy (non-hydrogen) atoms. The van der Waals surface area contributed by atoms with Gasteiger partial charge in [-0.05, 0) is 50.5 Å². The fourth-order valence-electron chi connectivity index (χ4n) is 2.86. The molecule has 7 heteroatoms. The maximum Gasteiger partial charge on any atom is 0.410 e. The van der Waals surface area contributed by atoms with Crippen molar-refractivity contribution in [2.45, 2.75) is 57.6 Å². The SMILES string of the molecule is CN=C(NCc1ccc(CN(C)C(=O)OC(C)(C)C)cc1)NCC1CCCS1. The number of amides is 1. The number of benzene rings is 1. The summed E-state index contributed by atoms with van der Waals surface area (Å²) in [6.07, 6.45) is 2.29. The summed E-state index contributed by atoms with van der Waals surface area (Å²) < 4.78 is 5.39. The van der Waals surface area contributed by atoms with E-state index in [2.05, 4.69) is 27.8 Å². The lowest BCUT2D eigenvalue weighted by atomic mass is 10.1. The molecular formula is C21H34N4O2S. The summed E-state index contributed by atoms with van der Waals surface area (Å²) in [5, 5.41) is 7.46. The number of carbonyl (C=O) groups is 1. The zero-order valence-electron chi connectivity index (χ0n) is 17.7. The third-order valence-electron chi connectivity index (χ3n) is 4.35. The maximum atomic E-state index is 12.1. The Morgan fingerprint density at radius 1 is 1.25 bits per heavy atom. The first kappa shape index (κ1) is 22.4. The fraction of sp³-hybridized carbons (Fsp3) is 0.619. The van der Waals surface area contributed by atoms with Crippen molar-refractivity contribution in [3.05, 3.63) is 35.4 Å². The number of nitrogens with zero attached hydrogens (tertiary/aromatic N) is 2. The van der Waals surface area contributed by atoms with E-state index in [9.17, 15) is 4.79 Å². The number of hydrogen-bond acceptors (Lipinski definition) is 4. The van der Waals surface area contributed by atoms with Crippen molar-refractivity contribution < 1.29 is 9.53 Å². The Kier molecular flexibility index (Phi) is 8.48. The van der Waals surface area contributed by atoms with Crippen LogP contribution in [0.1, 0.15) is 44.7 Å². The van der Waals surface area contributed by atoms with Gasteiger partial charge in [-0.1, -0.05) is 24.3 Å². The van der Waals surface area contributed by atoms with Gasteiger partial charge >= 0.3 is 6.09 Å². The second-order valence-corrected chi connectivity index (χ2v) is 9.50. The third-order valence-corrected chi connectivity index (χ3v) is 5.75. The topological polar surface area (TPSA) is 66.0 Å². The first-order valence-corrected chi connectivity index (χ1v) is 10.9. The fourth-order valence-corrected chi connectivity index (χ4v) is 4.06. The van der Waals surface area contributed by atoms with Gasteiger partial charge in [-0.15, -0.1) is 0 Å². The van der Waals surface area contributed by atoms with E-state index in [4.69, 9.17) is 4.74 Å². The van der Waals surface area contributed by atoms with Gasteiger partial charge in [-0.25, -0.2) is 4.79 Å². The average Bonchev–Trinajstić information content (AvgIpc) is 3.15. The summed E-state index contributed by atoms with van der Waals surface area (Å²) >= 11 is 2.04. The molecule has 0 saturated carbocycles. The molecule has 1 saturated heterocycles. The molecule has 6 nitrogen and oxygen atoms in total. The standard InChI is InChI=1S/C21H34N4O2S/c1-21(2,3)27-20(26)25(5)15-17-10-8-16(9-11-17)13-23-19(22-4)24-14-18-7-6-12-28-18/h8-11,18H,6-7,12-15H2,1-5H3,(H2,22,23,24). The molecule has 1 aromatic carbocycles. The van der Waals surface area contributed by atoms with E-state index in [1.165, 1.54) is 24.2 Å². The van der Waals surface area contributed by atoms with Crippen LogP contribution in [0.15, 0.2) is 29.3 Å². The molecule has 1 aromatic rings. The Balaban J connectivity index is 1.77. The molecule has 2 rings (SSSR count). The van der Waals surface area contributed by atoms with Crippen LogP contribution in [-0.4, -0.2) is 54.2 Å². The zero-order chi connectivity index (χ0) is 20.6. The van der Waals surface area contributed by atoms with E-state index in [0.29, 0.717) is 18.3 Å². The first-order valence-electron chi connectivity index (χ1n) is 9.85. The van der Waals surface area contributed by atoms with E-state index in [0.717, 1.165) is 18.1 Å². The van der Waals surface area contributed by atoms with E-state index < -0.39 is 5.60 Å². The van der Waals surface area contributed by atoms with Gasteiger partial charge in [-0.2, -0.15) is 11.8 Å². The summed E-state index contributed by atoms with van der Waals surface area (Å²) in [6, 6.07) is 8.24. The smallest absolute Gasteiger partial charge is 0.410 e. The molecule has 0 spiro atoms. The Morgan fingerprint density at radius 2 is 1.93 bits per heavy atom. The summed E-state index contributed by atoms with van der Waals surface area (Å²) in [7, 11) is 3.55. The van der Waals surface area contributed by atoms with Crippen LogP contribution in [-0.2, 0) is 17.8 Å². The minimum atomic E-state index is -0.482. The molecular weight excluding hydrogens is 372 g/mol. The molecule has 0 bridgehead atoms. The van der Waals surface area contributed by atoms with Crippen LogP contribution in [0.2, 0.25) is 0 Å². The highest BCUT2D eigenvalue weighted by atomic mass is 32.2. The first-order chi connectivity index (χ1) is 13.3. The summed E-state index contributed by atoms with van der Waals surface area (Å²) in [6.45, 7) is 7.80. The molecule has 1 unspecified atom stereocenters. The van der Waals surface area contributed by atoms with Crippen molar-refractivity contribution in [1.82, 2.24) is 15.5 Å². The Bertz CT molecular complexity index is 649. The van der Waals surface area contributed by atoms with Crippen molar-refractivity contribution in [3.8, 4) is 0 Å². The predicted octanol–water partition coefficient (Wildman–Crippen LogP) is 3.61. The van der Waals surface area contributed by atoms with Crippen LogP contribution in [0.4, 0.5) is 4.79 Å². The maximum absolute atomic E-state index is 12.1. The molecule has 156 valence electrons. The van der Waals surface area contributed by atoms with Crippen molar-refractivity contribution in [1.29, 1.82) is 0 Å². The van der Waals surface area contributed by atoms with Gasteiger partial charge in [0, 0.05) is 39.0 Å². The molecule has 0 aromatic heterocycles. The monoisotopic (exact) mass is 406 g/mol. The van der Waals surface area contributed by atoms with Crippen LogP contribution in [0.3, 0.4) is 0 Å². The van der Waals surface area contributed by atoms with Gasteiger partial charge in [0.2, 0.25) is 0 Å². The Labute approximate surface area is 173 Å². The van der Waals surface area contributed by atoms with Gasteiger partial charge < -0.3 is 20.3 Å². The number of ether oxygens (including phenoxy) is 1. The predicted molar refractivity (Wildman–Crippen MR) is 118 cm³/mol. The number of carbonyl (C=O) groups excluding carboxylic acids is 1. The highest BCUT2D eigenvalue weighted by Gasteiger charge is 2.19. The Hall–Kier alpha value is -1.89. The van der Waals surface area contributed by atoms with Crippen LogP contribution < -0.4 is 10.6 Å². The highest BCUT2D eigenvalue weighted by Crippen LogP contribution is 2.25. The molecule has 1 heterocycles. The van der Waals surface area contributed by atoms with Gasteiger partial charge in [0.15, 0.2) is 5.96 Å². The van der Waals surface area contributed by atoms with Crippen LogP contribution in [0.25, 0.3) is 0 Å². The summed E-state index contributed by atoms with van der Waals surface area (Å²) in [4.78, 5) is 18.0. The minimum absolute atomic E-state index is 0.312. The van der Waals surface area contributed by atoms with Gasteiger partial charge in [-0.3, -0.25) is 4.99 Å². The van der Waals surface area contributed by atoms with Crippen molar-refractivity contribution >= 4 is 23.8 Å². The average molecular weight is 407 g/mol. The number of rotatable bonds is 6. The van der Waals surface area contributed by atoms with Crippen molar-refractivity contribution in [2.75, 3.05) is 26.4 Å². The summed E-state index contributed by atoms with van der Waals surface area (Å²) in [5.74, 6) is 2.11. The Morgan fingerprint density at radius 3 is 2.50 bits per heavy atom. The molecule has 1 atom stereocenters. The summed E-state index contributed by atoms with van der Waals surface area (Å²) in [5.41, 5.74) is 1.75. The molecule has 0 radical (unpaired) electrons. The number of nitrogens with one attached hydrogen (secondary N) is 2. The zero-order valence-corrected chi connectivity index (χ0v) is 18.6. The van der Waals surface area contributed by atoms with Crippen molar-refractivity contribution in [2.24, 2.45) is 4.99 Å². The number of hydrogen-bond donors (Lipinski definition) is 2. The van der Waals surface area contributed by atoms with E-state index in [1.54, 1.807) is 19.0 Å². The van der Waals surface area contributed by atoms with Crippen LogP contribution in [0, 0.1) is 0 Å². The van der Waals surface area contributed by atoms with Crippen LogP contribution in [0.5, 0.6) is 0 Å². The van der Waals surface area contributed by atoms with E-state index in [-0.39, 0.29) is 6.09 Å². The third kappa shape index (κ3) is 8.00. The van der Waals surface area contributed by atoms with Gasteiger partial charge in [0.05, 0.1) is 0 Å². The largest absolute Gasteiger partial charge is 0.444 e. The quantitative estimate of drug-likeness (QED) is 0.558. The second kappa shape index (κ2) is 10.6. The molecule has 1 fully saturated rings. The normalized spacial score (nSPS) is 17.3. The highest BCUT2D eigenvalue weighted by molar-refractivity contribution is 8.00. The van der Waals surface area contributed by atoms with E-state index >= 15 is 0 Å². The van der Waals surface area contributed by atoms with E-state index in [1.807, 2.05) is 44.7 Å². The molecule has 1 aliphatic heterocycles. The minimum Gasteiger partial charge on any atom is -0.444 e. The number of thioether (sulfide) groups is 1. The van der Waals surface area contributed by atoms with Gasteiger partial charge in [0.1, 0.15) is 5.60 Å². The van der Waals surface area contributed by atoms with Gasteiger partial charge in [0.25, 0.3) is 0 Å². The molecule has 1 amide bonds. The number of aliphatic imine (C=N–C) groups is 1. The lowest BCUT2D eigenvalue weighted by Gasteiger charge is -2.24.